The van der Waals surface area contributed by atoms with Gasteiger partial charge in [0, 0.05) is 29.5 Å². The summed E-state index contributed by atoms with van der Waals surface area (Å²) in [6.07, 6.45) is 1.07. The highest BCUT2D eigenvalue weighted by Crippen LogP contribution is 2.23. The Balaban J connectivity index is 1.65. The van der Waals surface area contributed by atoms with Crippen LogP contribution in [0.4, 0.5) is 0 Å². The van der Waals surface area contributed by atoms with Gasteiger partial charge in [-0.15, -0.1) is 11.3 Å². The molecule has 1 aliphatic rings. The molecular weight excluding hydrogens is 384 g/mol. The van der Waals surface area contributed by atoms with Crippen LogP contribution in [-0.4, -0.2) is 37.3 Å². The maximum absolute atomic E-state index is 6.15. The average molecular weight is 417 g/mol. The molecule has 2 N–H and O–H groups in total. The van der Waals surface area contributed by atoms with E-state index in [2.05, 4.69) is 54.6 Å². The molecule has 2 heterocycles. The third kappa shape index (κ3) is 6.44. The van der Waals surface area contributed by atoms with E-state index >= 15 is 0 Å². The molecule has 1 aromatic heterocycles. The summed E-state index contributed by atoms with van der Waals surface area (Å²) in [5, 5.41) is 7.84. The molecule has 29 heavy (non-hydrogen) atoms. The van der Waals surface area contributed by atoms with E-state index in [-0.39, 0.29) is 0 Å². The minimum atomic E-state index is 0.483. The fraction of sp³-hybridized carbons (Fsp3) is 0.545. The van der Waals surface area contributed by atoms with Crippen LogP contribution < -0.4 is 15.4 Å². The fourth-order valence-corrected chi connectivity index (χ4v) is 4.13. The zero-order valence-electron chi connectivity index (χ0n) is 17.9. The summed E-state index contributed by atoms with van der Waals surface area (Å²) in [7, 11) is 0. The van der Waals surface area contributed by atoms with Gasteiger partial charge in [-0.25, -0.2) is 9.98 Å². The van der Waals surface area contributed by atoms with Gasteiger partial charge in [-0.1, -0.05) is 12.1 Å². The van der Waals surface area contributed by atoms with Crippen molar-refractivity contribution in [3.63, 3.8) is 0 Å². The molecule has 2 aromatic rings. The summed E-state index contributed by atoms with van der Waals surface area (Å²) in [6.45, 7) is 12.7. The number of rotatable bonds is 8. The molecule has 7 heteroatoms. The maximum atomic E-state index is 6.15. The van der Waals surface area contributed by atoms with Crippen LogP contribution in [0.2, 0.25) is 0 Å². The lowest BCUT2D eigenvalue weighted by atomic mass is 10.1. The van der Waals surface area contributed by atoms with Gasteiger partial charge in [0.25, 0.3) is 0 Å². The molecule has 1 fully saturated rings. The second-order valence-corrected chi connectivity index (χ2v) is 8.73. The Hall–Kier alpha value is -2.12. The number of guanidine groups is 1. The predicted octanol–water partition coefficient (Wildman–Crippen LogP) is 3.74. The van der Waals surface area contributed by atoms with Gasteiger partial charge in [0.05, 0.1) is 37.0 Å². The van der Waals surface area contributed by atoms with Crippen LogP contribution in [0, 0.1) is 26.7 Å². The number of nitrogens with zero attached hydrogens (tertiary/aromatic N) is 2. The van der Waals surface area contributed by atoms with Gasteiger partial charge in [-0.05, 0) is 45.7 Å². The lowest BCUT2D eigenvalue weighted by Gasteiger charge is -2.15. The van der Waals surface area contributed by atoms with Crippen LogP contribution in [0.5, 0.6) is 5.75 Å². The Bertz CT molecular complexity index is 828. The Morgan fingerprint density at radius 2 is 2.17 bits per heavy atom. The lowest BCUT2D eigenvalue weighted by Crippen LogP contribution is -2.36. The van der Waals surface area contributed by atoms with E-state index in [0.717, 1.165) is 60.7 Å². The number of ether oxygens (including phenoxy) is 2. The van der Waals surface area contributed by atoms with Crippen LogP contribution in [-0.2, 0) is 17.8 Å². The Kier molecular flexibility index (Phi) is 7.89. The number of aromatic nitrogens is 1. The largest absolute Gasteiger partial charge is 0.493 e. The number of hydrogen-bond donors (Lipinski definition) is 2. The van der Waals surface area contributed by atoms with Crippen LogP contribution >= 0.6 is 11.3 Å². The smallest absolute Gasteiger partial charge is 0.191 e. The summed E-state index contributed by atoms with van der Waals surface area (Å²) >= 11 is 1.72. The normalized spacial score (nSPS) is 16.8. The Morgan fingerprint density at radius 3 is 2.86 bits per heavy atom. The molecule has 1 aromatic carbocycles. The molecule has 0 saturated carbocycles. The molecule has 158 valence electrons. The zero-order chi connectivity index (χ0) is 20.6. The van der Waals surface area contributed by atoms with Crippen molar-refractivity contribution in [3.8, 4) is 5.75 Å². The molecule has 0 aliphatic carbocycles. The number of aliphatic imine (C=N–C) groups is 1. The number of thiazole rings is 1. The quantitative estimate of drug-likeness (QED) is 0.507. The molecule has 3 rings (SSSR count). The third-order valence-electron chi connectivity index (χ3n) is 4.89. The van der Waals surface area contributed by atoms with E-state index in [4.69, 9.17) is 14.5 Å². The van der Waals surface area contributed by atoms with Gasteiger partial charge in [-0.2, -0.15) is 0 Å². The first-order chi connectivity index (χ1) is 14.0. The van der Waals surface area contributed by atoms with Crippen molar-refractivity contribution in [3.05, 3.63) is 44.9 Å². The van der Waals surface area contributed by atoms with E-state index in [1.165, 1.54) is 10.4 Å². The highest BCUT2D eigenvalue weighted by molar-refractivity contribution is 7.11. The summed E-state index contributed by atoms with van der Waals surface area (Å²) < 4.78 is 11.6. The monoisotopic (exact) mass is 416 g/mol. The van der Waals surface area contributed by atoms with Crippen molar-refractivity contribution in [2.24, 2.45) is 10.9 Å². The summed E-state index contributed by atoms with van der Waals surface area (Å²) in [5.41, 5.74) is 3.37. The second kappa shape index (κ2) is 10.6. The van der Waals surface area contributed by atoms with Crippen molar-refractivity contribution >= 4 is 17.3 Å². The predicted molar refractivity (Wildman–Crippen MR) is 119 cm³/mol. The molecule has 1 unspecified atom stereocenters. The Labute approximate surface area is 177 Å². The number of nitrogens with one attached hydrogen (secondary N) is 2. The average Bonchev–Trinajstić information content (AvgIpc) is 3.32. The van der Waals surface area contributed by atoms with Gasteiger partial charge < -0.3 is 20.1 Å². The lowest BCUT2D eigenvalue weighted by molar-refractivity contribution is 0.166. The molecule has 1 atom stereocenters. The molecule has 1 aliphatic heterocycles. The minimum Gasteiger partial charge on any atom is -0.493 e. The van der Waals surface area contributed by atoms with E-state index in [9.17, 15) is 0 Å². The van der Waals surface area contributed by atoms with Crippen LogP contribution in [0.15, 0.2) is 23.2 Å². The topological polar surface area (TPSA) is 67.8 Å². The molecule has 0 radical (unpaired) electrons. The summed E-state index contributed by atoms with van der Waals surface area (Å²) in [4.78, 5) is 10.5. The highest BCUT2D eigenvalue weighted by Gasteiger charge is 2.17. The zero-order valence-corrected chi connectivity index (χ0v) is 18.7. The molecular formula is C22H32N4O2S. The number of benzene rings is 1. The molecule has 0 bridgehead atoms. The van der Waals surface area contributed by atoms with E-state index in [0.29, 0.717) is 19.1 Å². The molecule has 0 amide bonds. The van der Waals surface area contributed by atoms with Gasteiger partial charge in [-0.3, -0.25) is 0 Å². The van der Waals surface area contributed by atoms with Crippen molar-refractivity contribution in [1.29, 1.82) is 0 Å². The van der Waals surface area contributed by atoms with Crippen LogP contribution in [0.1, 0.15) is 40.1 Å². The van der Waals surface area contributed by atoms with Crippen molar-refractivity contribution < 1.29 is 9.47 Å². The second-order valence-electron chi connectivity index (χ2n) is 7.44. The molecule has 0 spiro atoms. The van der Waals surface area contributed by atoms with Gasteiger partial charge in [0.15, 0.2) is 5.96 Å². The van der Waals surface area contributed by atoms with Crippen molar-refractivity contribution in [1.82, 2.24) is 15.6 Å². The van der Waals surface area contributed by atoms with Gasteiger partial charge in [0.1, 0.15) is 5.75 Å². The number of aryl methyl sites for hydroxylation is 3. The van der Waals surface area contributed by atoms with E-state index in [1.54, 1.807) is 11.3 Å². The summed E-state index contributed by atoms with van der Waals surface area (Å²) in [6, 6.07) is 6.32. The van der Waals surface area contributed by atoms with E-state index < -0.39 is 0 Å². The van der Waals surface area contributed by atoms with Crippen molar-refractivity contribution in [2.45, 2.75) is 47.2 Å². The van der Waals surface area contributed by atoms with Crippen LogP contribution in [0.25, 0.3) is 0 Å². The SMILES string of the molecule is CCNC(=NCc1ccc(C)cc1OCC1CCOC1)NCc1sc(C)nc1C. The first-order valence-corrected chi connectivity index (χ1v) is 11.1. The van der Waals surface area contributed by atoms with Crippen molar-refractivity contribution in [2.75, 3.05) is 26.4 Å². The fourth-order valence-electron chi connectivity index (χ4n) is 3.26. The summed E-state index contributed by atoms with van der Waals surface area (Å²) in [5.74, 6) is 2.20. The standard InChI is InChI=1S/C22H32N4O2S/c1-5-23-22(25-12-21-16(3)26-17(4)29-21)24-11-19-7-6-15(2)10-20(19)28-14-18-8-9-27-13-18/h6-7,10,18H,5,8-9,11-14H2,1-4H3,(H2,23,24,25). The third-order valence-corrected chi connectivity index (χ3v) is 5.96. The van der Waals surface area contributed by atoms with Gasteiger partial charge >= 0.3 is 0 Å². The Morgan fingerprint density at radius 1 is 1.31 bits per heavy atom. The number of hydrogen-bond acceptors (Lipinski definition) is 5. The molecule has 1 saturated heterocycles. The van der Waals surface area contributed by atoms with E-state index in [1.807, 2.05) is 6.92 Å². The first-order valence-electron chi connectivity index (χ1n) is 10.3. The maximum Gasteiger partial charge on any atom is 0.191 e. The highest BCUT2D eigenvalue weighted by atomic mass is 32.1. The first kappa shape index (κ1) is 21.6. The molecule has 6 nitrogen and oxygen atoms in total. The van der Waals surface area contributed by atoms with Gasteiger partial charge in [0.2, 0.25) is 0 Å². The van der Waals surface area contributed by atoms with Crippen LogP contribution in [0.3, 0.4) is 0 Å². The minimum absolute atomic E-state index is 0.483.